The molecule has 1 saturated heterocycles. The Morgan fingerprint density at radius 1 is 1.20 bits per heavy atom. The molecule has 0 bridgehead atoms. The first-order chi connectivity index (χ1) is 14.4. The van der Waals surface area contributed by atoms with Crippen molar-refractivity contribution < 1.29 is 14.3 Å². The van der Waals surface area contributed by atoms with Crippen molar-refractivity contribution in [2.75, 3.05) is 13.2 Å². The number of esters is 1. The van der Waals surface area contributed by atoms with Crippen molar-refractivity contribution in [3.05, 3.63) is 81.4 Å². The molecule has 1 aliphatic heterocycles. The van der Waals surface area contributed by atoms with Crippen LogP contribution >= 0.6 is 23.2 Å². The molecule has 6 heteroatoms. The Kier molecular flexibility index (Phi) is 5.90. The maximum Gasteiger partial charge on any atom is 0.313 e. The molecule has 4 nitrogen and oxygen atoms in total. The number of fused-ring (bicyclic) bond motifs is 1. The Hall–Kier alpha value is -2.30. The predicted octanol–water partition coefficient (Wildman–Crippen LogP) is 5.02. The van der Waals surface area contributed by atoms with Crippen LogP contribution in [0.5, 0.6) is 0 Å². The minimum absolute atomic E-state index is 0.117. The molecule has 1 saturated carbocycles. The predicted molar refractivity (Wildman–Crippen MR) is 118 cm³/mol. The smallest absolute Gasteiger partial charge is 0.313 e. The van der Waals surface area contributed by atoms with E-state index in [0.29, 0.717) is 48.0 Å². The van der Waals surface area contributed by atoms with Gasteiger partial charge in [0.1, 0.15) is 0 Å². The second-order valence-electron chi connectivity index (χ2n) is 8.20. The largest absolute Gasteiger partial charge is 0.465 e. The van der Waals surface area contributed by atoms with Crippen molar-refractivity contribution in [1.29, 1.82) is 0 Å². The van der Waals surface area contributed by atoms with Crippen LogP contribution < -0.4 is 5.32 Å². The number of carbonyl (C=O) groups excluding carboxylic acids is 2. The van der Waals surface area contributed by atoms with Gasteiger partial charge in [-0.05, 0) is 61.1 Å². The average molecular weight is 444 g/mol. The molecule has 2 aromatic carbocycles. The fourth-order valence-corrected chi connectivity index (χ4v) is 5.04. The zero-order chi connectivity index (χ0) is 21.3. The van der Waals surface area contributed by atoms with Crippen LogP contribution in [0.25, 0.3) is 0 Å². The van der Waals surface area contributed by atoms with Gasteiger partial charge in [0.15, 0.2) is 0 Å². The fraction of sp³-hybridized carbons (Fsp3) is 0.333. The first kappa shape index (κ1) is 21.0. The number of benzene rings is 2. The minimum atomic E-state index is -0.487. The SMILES string of the molecule is C=C1CC2COC(=O)C2(Cc2ccc(C(=O)NCCc3ccc(Cl)cc3Cl)cc2)C1. The number of ether oxygens (including phenoxy) is 1. The highest BCUT2D eigenvalue weighted by Gasteiger charge is 2.55. The summed E-state index contributed by atoms with van der Waals surface area (Å²) >= 11 is 12.1. The molecular weight excluding hydrogens is 421 g/mol. The summed E-state index contributed by atoms with van der Waals surface area (Å²) in [4.78, 5) is 24.9. The van der Waals surface area contributed by atoms with Gasteiger partial charge in [0.25, 0.3) is 5.91 Å². The van der Waals surface area contributed by atoms with Crippen LogP contribution in [0.1, 0.15) is 34.3 Å². The molecule has 2 fully saturated rings. The lowest BCUT2D eigenvalue weighted by atomic mass is 9.75. The molecular formula is C24H23Cl2NO3. The summed E-state index contributed by atoms with van der Waals surface area (Å²) in [6.45, 7) is 5.03. The van der Waals surface area contributed by atoms with E-state index in [1.54, 1.807) is 24.3 Å². The molecule has 4 rings (SSSR count). The van der Waals surface area contributed by atoms with Crippen molar-refractivity contribution >= 4 is 35.1 Å². The molecule has 1 amide bonds. The molecule has 0 aromatic heterocycles. The van der Waals surface area contributed by atoms with Crippen molar-refractivity contribution in [3.63, 3.8) is 0 Å². The van der Waals surface area contributed by atoms with E-state index in [-0.39, 0.29) is 17.8 Å². The normalized spacial score (nSPS) is 22.7. The van der Waals surface area contributed by atoms with Gasteiger partial charge in [-0.3, -0.25) is 9.59 Å². The van der Waals surface area contributed by atoms with Gasteiger partial charge in [0.2, 0.25) is 0 Å². The first-order valence-corrected chi connectivity index (χ1v) is 10.8. The number of cyclic esters (lactones) is 1. The van der Waals surface area contributed by atoms with E-state index < -0.39 is 5.41 Å². The number of rotatable bonds is 6. The second-order valence-corrected chi connectivity index (χ2v) is 9.04. The highest BCUT2D eigenvalue weighted by Crippen LogP contribution is 2.52. The zero-order valence-electron chi connectivity index (χ0n) is 16.5. The third-order valence-electron chi connectivity index (χ3n) is 6.13. The van der Waals surface area contributed by atoms with Gasteiger partial charge in [0, 0.05) is 28.1 Å². The Morgan fingerprint density at radius 3 is 2.70 bits per heavy atom. The van der Waals surface area contributed by atoms with Crippen molar-refractivity contribution in [2.24, 2.45) is 11.3 Å². The lowest BCUT2D eigenvalue weighted by Gasteiger charge is -2.24. The summed E-state index contributed by atoms with van der Waals surface area (Å²) in [6, 6.07) is 12.8. The molecule has 1 aliphatic carbocycles. The van der Waals surface area contributed by atoms with Crippen molar-refractivity contribution in [3.8, 4) is 0 Å². The fourth-order valence-electron chi connectivity index (χ4n) is 4.54. The van der Waals surface area contributed by atoms with Crippen LogP contribution in [0.15, 0.2) is 54.6 Å². The molecule has 2 aliphatic rings. The molecule has 0 radical (unpaired) electrons. The van der Waals surface area contributed by atoms with E-state index in [2.05, 4.69) is 11.9 Å². The van der Waals surface area contributed by atoms with Gasteiger partial charge in [-0.1, -0.05) is 53.6 Å². The Labute approximate surface area is 186 Å². The summed E-state index contributed by atoms with van der Waals surface area (Å²) in [7, 11) is 0. The van der Waals surface area contributed by atoms with Crippen molar-refractivity contribution in [1.82, 2.24) is 5.32 Å². The maximum absolute atomic E-state index is 12.5. The van der Waals surface area contributed by atoms with E-state index in [0.717, 1.165) is 23.1 Å². The Balaban J connectivity index is 1.36. The highest BCUT2D eigenvalue weighted by atomic mass is 35.5. The maximum atomic E-state index is 12.5. The molecule has 1 heterocycles. The molecule has 2 aromatic rings. The average Bonchev–Trinajstić information content (AvgIpc) is 3.18. The van der Waals surface area contributed by atoms with Crippen LogP contribution in [0, 0.1) is 11.3 Å². The summed E-state index contributed by atoms with van der Waals surface area (Å²) < 4.78 is 5.34. The molecule has 2 unspecified atom stereocenters. The number of halogens is 2. The van der Waals surface area contributed by atoms with Crippen LogP contribution in [-0.2, 0) is 22.4 Å². The Morgan fingerprint density at radius 2 is 1.97 bits per heavy atom. The van der Waals surface area contributed by atoms with Crippen LogP contribution in [-0.4, -0.2) is 25.0 Å². The number of hydrogen-bond acceptors (Lipinski definition) is 3. The van der Waals surface area contributed by atoms with E-state index in [1.165, 1.54) is 0 Å². The third-order valence-corrected chi connectivity index (χ3v) is 6.72. The van der Waals surface area contributed by atoms with Crippen molar-refractivity contribution in [2.45, 2.75) is 25.7 Å². The van der Waals surface area contributed by atoms with E-state index >= 15 is 0 Å². The molecule has 0 spiro atoms. The molecule has 1 N–H and O–H groups in total. The minimum Gasteiger partial charge on any atom is -0.465 e. The topological polar surface area (TPSA) is 55.4 Å². The van der Waals surface area contributed by atoms with E-state index in [4.69, 9.17) is 27.9 Å². The van der Waals surface area contributed by atoms with E-state index in [1.807, 2.05) is 18.2 Å². The Bertz CT molecular complexity index is 1000. The van der Waals surface area contributed by atoms with Gasteiger partial charge < -0.3 is 10.1 Å². The quantitative estimate of drug-likeness (QED) is 0.503. The number of nitrogens with one attached hydrogen (secondary N) is 1. The van der Waals surface area contributed by atoms with Crippen LogP contribution in [0.2, 0.25) is 10.0 Å². The second kappa shape index (κ2) is 8.44. The molecule has 156 valence electrons. The lowest BCUT2D eigenvalue weighted by molar-refractivity contribution is -0.146. The van der Waals surface area contributed by atoms with Gasteiger partial charge in [0.05, 0.1) is 12.0 Å². The number of carbonyl (C=O) groups is 2. The number of hydrogen-bond donors (Lipinski definition) is 1. The summed E-state index contributed by atoms with van der Waals surface area (Å²) in [5.41, 5.74) is 3.18. The number of allylic oxidation sites excluding steroid dienone is 1. The standard InChI is InChI=1S/C24H23Cl2NO3/c1-15-10-19-14-30-23(29)24(19,12-15)13-16-2-4-18(5-3-16)22(28)27-9-8-17-6-7-20(25)11-21(17)26/h2-7,11,19H,1,8-10,12-14H2,(H,27,28). The summed E-state index contributed by atoms with van der Waals surface area (Å²) in [6.07, 6.45) is 2.78. The zero-order valence-corrected chi connectivity index (χ0v) is 18.1. The van der Waals surface area contributed by atoms with Gasteiger partial charge in [-0.25, -0.2) is 0 Å². The molecule has 2 atom stereocenters. The lowest BCUT2D eigenvalue weighted by Crippen LogP contribution is -2.31. The first-order valence-electron chi connectivity index (χ1n) is 10.0. The third kappa shape index (κ3) is 4.12. The van der Waals surface area contributed by atoms with Gasteiger partial charge in [-0.2, -0.15) is 0 Å². The van der Waals surface area contributed by atoms with Crippen LogP contribution in [0.4, 0.5) is 0 Å². The monoisotopic (exact) mass is 443 g/mol. The van der Waals surface area contributed by atoms with E-state index in [9.17, 15) is 9.59 Å². The summed E-state index contributed by atoms with van der Waals surface area (Å²) in [5, 5.41) is 4.10. The van der Waals surface area contributed by atoms with Gasteiger partial charge in [-0.15, -0.1) is 0 Å². The number of amides is 1. The van der Waals surface area contributed by atoms with Gasteiger partial charge >= 0.3 is 5.97 Å². The molecule has 30 heavy (non-hydrogen) atoms. The van der Waals surface area contributed by atoms with Crippen LogP contribution in [0.3, 0.4) is 0 Å². The highest BCUT2D eigenvalue weighted by molar-refractivity contribution is 6.35. The summed E-state index contributed by atoms with van der Waals surface area (Å²) in [5.74, 6) is -0.0498.